The van der Waals surface area contributed by atoms with Crippen molar-refractivity contribution in [1.29, 1.82) is 0 Å². The molecule has 32 heavy (non-hydrogen) atoms. The minimum Gasteiger partial charge on any atom is -0.329 e. The molecule has 0 aromatic carbocycles. The molecule has 0 saturated heterocycles. The number of aldehydes is 1. The average Bonchev–Trinajstić information content (AvgIpc) is 3.22. The highest BCUT2D eigenvalue weighted by molar-refractivity contribution is 7.09. The predicted octanol–water partition coefficient (Wildman–Crippen LogP) is 4.39. The molecular weight excluding hydrogens is 462 g/mol. The quantitative estimate of drug-likeness (QED) is 0.421. The summed E-state index contributed by atoms with van der Waals surface area (Å²) >= 11 is 0.367. The molecule has 2 atom stereocenters. The van der Waals surface area contributed by atoms with E-state index in [-0.39, 0.29) is 37.9 Å². The van der Waals surface area contributed by atoms with Gasteiger partial charge in [-0.15, -0.1) is 11.3 Å². The van der Waals surface area contributed by atoms with E-state index in [0.29, 0.717) is 24.2 Å². The highest BCUT2D eigenvalue weighted by Gasteiger charge is 2.44. The zero-order valence-corrected chi connectivity index (χ0v) is 18.4. The zero-order chi connectivity index (χ0) is 24.1. The summed E-state index contributed by atoms with van der Waals surface area (Å²) in [5.41, 5.74) is -0.0431. The van der Waals surface area contributed by atoms with Crippen LogP contribution in [0.15, 0.2) is 5.38 Å². The van der Waals surface area contributed by atoms with Gasteiger partial charge in [-0.05, 0) is 45.6 Å². The van der Waals surface area contributed by atoms with Crippen molar-refractivity contribution in [1.82, 2.24) is 20.5 Å². The molecule has 2 N–H and O–H groups in total. The number of nitrogens with zero attached hydrogens (tertiary/aromatic N) is 2. The van der Waals surface area contributed by atoms with Crippen LogP contribution in [0.5, 0.6) is 0 Å². The Bertz CT molecular complexity index is 762. The van der Waals surface area contributed by atoms with Gasteiger partial charge in [0.15, 0.2) is 5.01 Å². The number of aromatic nitrogens is 1. The van der Waals surface area contributed by atoms with Gasteiger partial charge in [-0.2, -0.15) is 26.3 Å². The monoisotopic (exact) mass is 488 g/mol. The Hall–Kier alpha value is -1.89. The number of likely N-dealkylation sites (N-methyl/N-ethyl adjacent to an activating group) is 1. The number of carbonyl (C=O) groups excluding carboxylic acids is 2. The number of thiazole rings is 1. The van der Waals surface area contributed by atoms with Crippen LogP contribution >= 0.6 is 11.3 Å². The van der Waals surface area contributed by atoms with Crippen LogP contribution in [0.1, 0.15) is 49.4 Å². The van der Waals surface area contributed by atoms with Crippen LogP contribution in [-0.2, 0) is 11.0 Å². The van der Waals surface area contributed by atoms with Gasteiger partial charge in [0.05, 0.1) is 23.7 Å². The summed E-state index contributed by atoms with van der Waals surface area (Å²) in [6.45, 7) is 2.01. The third-order valence-electron chi connectivity index (χ3n) is 5.62. The van der Waals surface area contributed by atoms with Crippen molar-refractivity contribution in [3.05, 3.63) is 16.1 Å². The fourth-order valence-electron chi connectivity index (χ4n) is 3.78. The van der Waals surface area contributed by atoms with Crippen molar-refractivity contribution in [2.45, 2.75) is 57.0 Å². The molecule has 182 valence electrons. The van der Waals surface area contributed by atoms with Crippen LogP contribution in [0, 0.1) is 11.8 Å². The lowest BCUT2D eigenvalue weighted by Gasteiger charge is -2.36. The number of carbonyl (C=O) groups is 2. The first kappa shape index (κ1) is 26.4. The van der Waals surface area contributed by atoms with E-state index in [1.165, 1.54) is 17.2 Å². The highest BCUT2D eigenvalue weighted by Crippen LogP contribution is 2.44. The Morgan fingerprint density at radius 3 is 2.34 bits per heavy atom. The maximum absolute atomic E-state index is 13.1. The predicted molar refractivity (Wildman–Crippen MR) is 106 cm³/mol. The molecule has 2 unspecified atom stereocenters. The van der Waals surface area contributed by atoms with Gasteiger partial charge in [-0.3, -0.25) is 0 Å². The van der Waals surface area contributed by atoms with E-state index in [1.807, 2.05) is 0 Å². The Labute approximate surface area is 185 Å². The number of urea groups is 1. The number of alkyl halides is 6. The van der Waals surface area contributed by atoms with Gasteiger partial charge < -0.3 is 20.3 Å². The van der Waals surface area contributed by atoms with E-state index in [0.717, 1.165) is 0 Å². The molecule has 0 aliphatic heterocycles. The lowest BCUT2D eigenvalue weighted by atomic mass is 9.77. The molecule has 1 fully saturated rings. The summed E-state index contributed by atoms with van der Waals surface area (Å²) < 4.78 is 78.3. The molecule has 1 saturated carbocycles. The van der Waals surface area contributed by atoms with Crippen molar-refractivity contribution in [3.8, 4) is 0 Å². The maximum Gasteiger partial charge on any atom is 0.443 e. The Balaban J connectivity index is 2.27. The van der Waals surface area contributed by atoms with Crippen LogP contribution < -0.4 is 10.6 Å². The van der Waals surface area contributed by atoms with E-state index in [1.54, 1.807) is 7.05 Å². The zero-order valence-electron chi connectivity index (χ0n) is 17.6. The molecule has 13 heteroatoms. The van der Waals surface area contributed by atoms with E-state index in [4.69, 9.17) is 0 Å². The van der Waals surface area contributed by atoms with Crippen molar-refractivity contribution in [2.24, 2.45) is 11.8 Å². The number of nitrogens with one attached hydrogen (secondary N) is 2. The molecular formula is C19H26F6N4O2S. The number of hydrogen-bond donors (Lipinski definition) is 2. The normalized spacial score (nSPS) is 21.6. The number of hydrogen-bond acceptors (Lipinski definition) is 5. The summed E-state index contributed by atoms with van der Waals surface area (Å²) in [4.78, 5) is 29.0. The van der Waals surface area contributed by atoms with Gasteiger partial charge in [0.1, 0.15) is 6.29 Å². The number of amides is 2. The van der Waals surface area contributed by atoms with Gasteiger partial charge in [0.25, 0.3) is 0 Å². The molecule has 1 aliphatic rings. The van der Waals surface area contributed by atoms with Gasteiger partial charge in [0.2, 0.25) is 0 Å². The van der Waals surface area contributed by atoms with E-state index < -0.39 is 47.3 Å². The SMILES string of the molecule is CNCCN(C(=O)NC(c1csc(C(F)(F)F)n1)C1CCC(C(F)(F)F)CC1)C(C)C=O. The second-order valence-electron chi connectivity index (χ2n) is 7.83. The smallest absolute Gasteiger partial charge is 0.329 e. The Morgan fingerprint density at radius 1 is 1.25 bits per heavy atom. The fourth-order valence-corrected chi connectivity index (χ4v) is 4.51. The molecule has 0 radical (unpaired) electrons. The van der Waals surface area contributed by atoms with Crippen molar-refractivity contribution < 1.29 is 35.9 Å². The minimum absolute atomic E-state index is 0.0431. The van der Waals surface area contributed by atoms with Crippen LogP contribution in [-0.4, -0.2) is 54.6 Å². The van der Waals surface area contributed by atoms with Crippen LogP contribution in [0.4, 0.5) is 31.1 Å². The van der Waals surface area contributed by atoms with Gasteiger partial charge in [-0.1, -0.05) is 0 Å². The van der Waals surface area contributed by atoms with E-state index in [9.17, 15) is 35.9 Å². The van der Waals surface area contributed by atoms with E-state index >= 15 is 0 Å². The van der Waals surface area contributed by atoms with Crippen LogP contribution in [0.25, 0.3) is 0 Å². The second-order valence-corrected chi connectivity index (χ2v) is 8.69. The third kappa shape index (κ3) is 6.80. The topological polar surface area (TPSA) is 74.3 Å². The number of halogens is 6. The fraction of sp³-hybridized carbons (Fsp3) is 0.737. The van der Waals surface area contributed by atoms with Crippen molar-refractivity contribution in [3.63, 3.8) is 0 Å². The molecule has 1 aromatic heterocycles. The standard InChI is InChI=1S/C19H26F6N4O2S/c1-11(9-30)29(8-7-26-2)17(31)28-15(14-10-32-16(27-14)19(23,24)25)12-3-5-13(6-4-12)18(20,21)22/h9-13,15,26H,3-8H2,1-2H3,(H,28,31). The number of rotatable bonds is 8. The largest absolute Gasteiger partial charge is 0.443 e. The molecule has 1 heterocycles. The first-order chi connectivity index (χ1) is 14.9. The summed E-state index contributed by atoms with van der Waals surface area (Å²) in [5.74, 6) is -1.99. The summed E-state index contributed by atoms with van der Waals surface area (Å²) in [6.07, 6.45) is -8.64. The third-order valence-corrected chi connectivity index (χ3v) is 6.53. The first-order valence-electron chi connectivity index (χ1n) is 10.1. The van der Waals surface area contributed by atoms with Crippen LogP contribution in [0.2, 0.25) is 0 Å². The molecule has 1 aromatic rings. The maximum atomic E-state index is 13.1. The molecule has 2 amide bonds. The summed E-state index contributed by atoms with van der Waals surface area (Å²) in [6, 6.07) is -2.49. The first-order valence-corrected chi connectivity index (χ1v) is 11.0. The van der Waals surface area contributed by atoms with Crippen molar-refractivity contribution >= 4 is 23.7 Å². The van der Waals surface area contributed by atoms with Crippen molar-refractivity contribution in [2.75, 3.05) is 20.1 Å². The lowest BCUT2D eigenvalue weighted by molar-refractivity contribution is -0.184. The van der Waals surface area contributed by atoms with Gasteiger partial charge in [0, 0.05) is 18.5 Å². The highest BCUT2D eigenvalue weighted by atomic mass is 32.1. The molecule has 1 aliphatic carbocycles. The summed E-state index contributed by atoms with van der Waals surface area (Å²) in [7, 11) is 1.65. The Morgan fingerprint density at radius 2 is 1.88 bits per heavy atom. The van der Waals surface area contributed by atoms with Gasteiger partial charge in [-0.25, -0.2) is 9.78 Å². The lowest BCUT2D eigenvalue weighted by Crippen LogP contribution is -2.50. The van der Waals surface area contributed by atoms with Crippen LogP contribution in [0.3, 0.4) is 0 Å². The Kier molecular flexibility index (Phi) is 8.91. The summed E-state index contributed by atoms with van der Waals surface area (Å²) in [5, 5.41) is 5.56. The average molecular weight is 488 g/mol. The van der Waals surface area contributed by atoms with E-state index in [2.05, 4.69) is 15.6 Å². The molecule has 0 spiro atoms. The molecule has 0 bridgehead atoms. The van der Waals surface area contributed by atoms with Gasteiger partial charge >= 0.3 is 18.4 Å². The molecule has 6 nitrogen and oxygen atoms in total. The minimum atomic E-state index is -4.67. The molecule has 2 rings (SSSR count). The second kappa shape index (κ2) is 10.8.